The van der Waals surface area contributed by atoms with Crippen molar-refractivity contribution in [1.82, 2.24) is 10.0 Å². The second-order valence-electron chi connectivity index (χ2n) is 9.76. The maximum Gasteiger partial charge on any atom is 0.240 e. The third kappa shape index (κ3) is 3.87. The van der Waals surface area contributed by atoms with Crippen LogP contribution in [0.25, 0.3) is 10.8 Å². The number of amides is 1. The van der Waals surface area contributed by atoms with Crippen molar-refractivity contribution in [3.8, 4) is 0 Å². The van der Waals surface area contributed by atoms with E-state index in [2.05, 4.69) is 10.0 Å². The second-order valence-corrected chi connectivity index (χ2v) is 11.5. The lowest BCUT2D eigenvalue weighted by atomic mass is 9.54. The van der Waals surface area contributed by atoms with Crippen molar-refractivity contribution in [2.75, 3.05) is 0 Å². The van der Waals surface area contributed by atoms with Gasteiger partial charge >= 0.3 is 0 Å². The number of carbonyl (C=O) groups is 1. The summed E-state index contributed by atoms with van der Waals surface area (Å²) in [5.41, 5.74) is 0. The zero-order chi connectivity index (χ0) is 20.9. The van der Waals surface area contributed by atoms with Crippen LogP contribution in [-0.2, 0) is 14.8 Å². The number of hydrogen-bond acceptors (Lipinski definition) is 3. The molecule has 0 aromatic heterocycles. The summed E-state index contributed by atoms with van der Waals surface area (Å²) < 4.78 is 28.3. The SMILES string of the molecule is C[C@@H](CC(=O)NC1C2CC3CC(C2)CC1C3)NS(=O)(=O)c1ccc2ccccc2c1. The van der Waals surface area contributed by atoms with Crippen molar-refractivity contribution in [1.29, 1.82) is 0 Å². The maximum atomic E-state index is 12.8. The predicted molar refractivity (Wildman–Crippen MR) is 117 cm³/mol. The molecule has 6 heteroatoms. The number of hydrogen-bond donors (Lipinski definition) is 2. The summed E-state index contributed by atoms with van der Waals surface area (Å²) in [4.78, 5) is 12.9. The van der Waals surface area contributed by atoms with Crippen molar-refractivity contribution in [3.63, 3.8) is 0 Å². The maximum absolute atomic E-state index is 12.8. The molecule has 30 heavy (non-hydrogen) atoms. The van der Waals surface area contributed by atoms with E-state index in [1.54, 1.807) is 19.1 Å². The van der Waals surface area contributed by atoms with Crippen molar-refractivity contribution in [2.24, 2.45) is 23.7 Å². The van der Waals surface area contributed by atoms with E-state index in [0.29, 0.717) is 11.8 Å². The molecule has 4 fully saturated rings. The first kappa shape index (κ1) is 20.0. The Labute approximate surface area is 178 Å². The first-order valence-corrected chi connectivity index (χ1v) is 12.7. The minimum absolute atomic E-state index is 0.0406. The average Bonchev–Trinajstić information content (AvgIpc) is 2.69. The van der Waals surface area contributed by atoms with E-state index in [1.165, 1.54) is 32.1 Å². The Hall–Kier alpha value is -1.92. The van der Waals surface area contributed by atoms with Crippen LogP contribution >= 0.6 is 0 Å². The number of carbonyl (C=O) groups excluding carboxylic acids is 1. The third-order valence-corrected chi connectivity index (χ3v) is 9.02. The zero-order valence-electron chi connectivity index (χ0n) is 17.4. The van der Waals surface area contributed by atoms with Crippen LogP contribution in [0.3, 0.4) is 0 Å². The molecular formula is C24H30N2O3S. The fourth-order valence-corrected chi connectivity index (χ4v) is 7.67. The second kappa shape index (κ2) is 7.65. The molecule has 160 valence electrons. The highest BCUT2D eigenvalue weighted by Crippen LogP contribution is 2.53. The summed E-state index contributed by atoms with van der Waals surface area (Å²) >= 11 is 0. The largest absolute Gasteiger partial charge is 0.353 e. The summed E-state index contributed by atoms with van der Waals surface area (Å²) in [5.74, 6) is 2.94. The Kier molecular flexibility index (Phi) is 5.10. The molecule has 0 heterocycles. The fraction of sp³-hybridized carbons (Fsp3) is 0.542. The average molecular weight is 427 g/mol. The molecule has 0 radical (unpaired) electrons. The van der Waals surface area contributed by atoms with Crippen LogP contribution in [0.15, 0.2) is 47.4 Å². The first-order valence-electron chi connectivity index (χ1n) is 11.2. The zero-order valence-corrected chi connectivity index (χ0v) is 18.2. The summed E-state index contributed by atoms with van der Waals surface area (Å²) in [6.07, 6.45) is 6.56. The van der Waals surface area contributed by atoms with Gasteiger partial charge in [0.05, 0.1) is 4.90 Å². The van der Waals surface area contributed by atoms with Crippen LogP contribution in [0.4, 0.5) is 0 Å². The van der Waals surface area contributed by atoms with Gasteiger partial charge in [-0.05, 0) is 85.6 Å². The van der Waals surface area contributed by atoms with E-state index in [-0.39, 0.29) is 23.3 Å². The number of fused-ring (bicyclic) bond motifs is 1. The molecule has 1 atom stereocenters. The normalized spacial score (nSPS) is 31.0. The van der Waals surface area contributed by atoms with Gasteiger partial charge in [-0.1, -0.05) is 30.3 Å². The quantitative estimate of drug-likeness (QED) is 0.737. The molecule has 0 aliphatic heterocycles. The van der Waals surface area contributed by atoms with Gasteiger partial charge in [0.25, 0.3) is 0 Å². The third-order valence-electron chi connectivity index (χ3n) is 7.43. The van der Waals surface area contributed by atoms with Crippen LogP contribution < -0.4 is 10.0 Å². The standard InChI is InChI=1S/C24H30N2O3S/c1-15(26-30(28,29)22-7-6-18-4-2-3-5-19(18)14-22)8-23(27)25-24-20-10-16-9-17(12-20)13-21(24)11-16/h2-7,14-17,20-21,24,26H,8-13H2,1H3,(H,25,27)/t15-,16?,17?,20?,21?,24?/m0/s1. The highest BCUT2D eigenvalue weighted by molar-refractivity contribution is 7.89. The smallest absolute Gasteiger partial charge is 0.240 e. The van der Waals surface area contributed by atoms with E-state index in [9.17, 15) is 13.2 Å². The Morgan fingerprint density at radius 2 is 1.60 bits per heavy atom. The van der Waals surface area contributed by atoms with E-state index < -0.39 is 16.1 Å². The minimum atomic E-state index is -3.68. The highest BCUT2D eigenvalue weighted by atomic mass is 32.2. The Bertz CT molecular complexity index is 1040. The molecule has 5 nitrogen and oxygen atoms in total. The number of benzene rings is 2. The Morgan fingerprint density at radius 1 is 0.967 bits per heavy atom. The minimum Gasteiger partial charge on any atom is -0.353 e. The van der Waals surface area contributed by atoms with Gasteiger partial charge < -0.3 is 5.32 Å². The molecule has 0 spiro atoms. The van der Waals surface area contributed by atoms with Gasteiger partial charge in [-0.3, -0.25) is 4.79 Å². The molecule has 4 saturated carbocycles. The van der Waals surface area contributed by atoms with Gasteiger partial charge in [0.2, 0.25) is 15.9 Å². The van der Waals surface area contributed by atoms with E-state index >= 15 is 0 Å². The number of sulfonamides is 1. The van der Waals surface area contributed by atoms with Crippen LogP contribution in [0.5, 0.6) is 0 Å². The van der Waals surface area contributed by atoms with Crippen LogP contribution in [0, 0.1) is 23.7 Å². The van der Waals surface area contributed by atoms with E-state index in [4.69, 9.17) is 0 Å². The lowest BCUT2D eigenvalue weighted by Crippen LogP contribution is -2.56. The van der Waals surface area contributed by atoms with Gasteiger partial charge in [0, 0.05) is 18.5 Å². The molecular weight excluding hydrogens is 396 g/mol. The van der Waals surface area contributed by atoms with Crippen molar-refractivity contribution in [2.45, 2.75) is 62.4 Å². The lowest BCUT2D eigenvalue weighted by molar-refractivity contribution is -0.125. The van der Waals surface area contributed by atoms with Gasteiger partial charge in [0.1, 0.15) is 0 Å². The molecule has 4 aliphatic carbocycles. The number of rotatable bonds is 6. The molecule has 2 aromatic carbocycles. The van der Waals surface area contributed by atoms with E-state index in [1.807, 2.05) is 30.3 Å². The van der Waals surface area contributed by atoms with Gasteiger partial charge in [-0.15, -0.1) is 0 Å². The van der Waals surface area contributed by atoms with Crippen molar-refractivity contribution < 1.29 is 13.2 Å². The van der Waals surface area contributed by atoms with Gasteiger partial charge in [-0.25, -0.2) is 13.1 Å². The molecule has 6 rings (SSSR count). The highest BCUT2D eigenvalue weighted by Gasteiger charge is 2.48. The summed E-state index contributed by atoms with van der Waals surface area (Å²) in [5, 5.41) is 5.15. The Morgan fingerprint density at radius 3 is 2.27 bits per heavy atom. The van der Waals surface area contributed by atoms with Crippen LogP contribution in [0.1, 0.15) is 45.4 Å². The molecule has 2 N–H and O–H groups in total. The Balaban J connectivity index is 1.20. The lowest BCUT2D eigenvalue weighted by Gasteiger charge is -2.54. The van der Waals surface area contributed by atoms with Gasteiger partial charge in [0.15, 0.2) is 0 Å². The van der Waals surface area contributed by atoms with Crippen LogP contribution in [-0.4, -0.2) is 26.4 Å². The van der Waals surface area contributed by atoms with Gasteiger partial charge in [-0.2, -0.15) is 0 Å². The number of nitrogens with one attached hydrogen (secondary N) is 2. The molecule has 2 aromatic rings. The van der Waals surface area contributed by atoms with Crippen LogP contribution in [0.2, 0.25) is 0 Å². The summed E-state index contributed by atoms with van der Waals surface area (Å²) in [6.45, 7) is 1.76. The topological polar surface area (TPSA) is 75.3 Å². The molecule has 0 saturated heterocycles. The summed E-state index contributed by atoms with van der Waals surface area (Å²) in [6, 6.07) is 12.6. The predicted octanol–water partition coefficient (Wildman–Crippen LogP) is 3.84. The molecule has 0 unspecified atom stereocenters. The first-order chi connectivity index (χ1) is 14.4. The summed E-state index contributed by atoms with van der Waals surface area (Å²) in [7, 11) is -3.68. The monoisotopic (exact) mass is 426 g/mol. The van der Waals surface area contributed by atoms with Crippen molar-refractivity contribution >= 4 is 26.7 Å². The fourth-order valence-electron chi connectivity index (χ4n) is 6.39. The van der Waals surface area contributed by atoms with Crippen molar-refractivity contribution in [3.05, 3.63) is 42.5 Å². The van der Waals surface area contributed by atoms with E-state index in [0.717, 1.165) is 22.6 Å². The molecule has 4 bridgehead atoms. The molecule has 1 amide bonds. The molecule has 4 aliphatic rings.